The zero-order valence-corrected chi connectivity index (χ0v) is 11.0. The molecule has 0 heterocycles. The maximum absolute atomic E-state index is 2.24. The molecule has 0 fully saturated rings. The second-order valence-electron chi connectivity index (χ2n) is 4.78. The van der Waals surface area contributed by atoms with Crippen LogP contribution in [0.5, 0.6) is 0 Å². The molecular weight excluding hydrogens is 228 g/mol. The molecule has 0 aromatic heterocycles. The summed E-state index contributed by atoms with van der Waals surface area (Å²) < 4.78 is 0. The van der Waals surface area contributed by atoms with Crippen LogP contribution < -0.4 is 0 Å². The molecule has 0 spiro atoms. The highest BCUT2D eigenvalue weighted by Crippen LogP contribution is 2.31. The largest absolute Gasteiger partial charge is 0.0622 e. The maximum atomic E-state index is 2.24. The molecule has 0 aliphatic carbocycles. The van der Waals surface area contributed by atoms with E-state index in [-0.39, 0.29) is 0 Å². The fourth-order valence-electron chi connectivity index (χ4n) is 2.42. The number of aryl methyl sites for hydroxylation is 1. The van der Waals surface area contributed by atoms with Crippen LogP contribution in [0.15, 0.2) is 78.9 Å². The monoisotopic (exact) mass is 244 g/mol. The van der Waals surface area contributed by atoms with Gasteiger partial charge in [-0.25, -0.2) is 0 Å². The number of hydrogen-bond acceptors (Lipinski definition) is 0. The third-order valence-corrected chi connectivity index (χ3v) is 3.34. The highest BCUT2D eigenvalue weighted by Gasteiger charge is 2.06. The molecule has 0 saturated carbocycles. The van der Waals surface area contributed by atoms with Gasteiger partial charge in [-0.05, 0) is 29.2 Å². The SMILES string of the molecule is Cc1cccc(-c2ccccc2-c2ccccc2)c1. The Hall–Kier alpha value is -2.34. The first kappa shape index (κ1) is 11.7. The van der Waals surface area contributed by atoms with E-state index in [9.17, 15) is 0 Å². The number of rotatable bonds is 2. The van der Waals surface area contributed by atoms with Crippen molar-refractivity contribution in [2.24, 2.45) is 0 Å². The van der Waals surface area contributed by atoms with E-state index in [1.54, 1.807) is 0 Å². The minimum atomic E-state index is 1.26. The van der Waals surface area contributed by atoms with Crippen molar-refractivity contribution in [3.8, 4) is 22.3 Å². The molecule has 0 aliphatic rings. The van der Waals surface area contributed by atoms with E-state index in [2.05, 4.69) is 85.8 Å². The molecule has 0 nitrogen and oxygen atoms in total. The van der Waals surface area contributed by atoms with E-state index in [0.29, 0.717) is 0 Å². The van der Waals surface area contributed by atoms with E-state index in [0.717, 1.165) is 0 Å². The van der Waals surface area contributed by atoms with Crippen LogP contribution in [-0.2, 0) is 0 Å². The minimum absolute atomic E-state index is 1.26. The average Bonchev–Trinajstić information content (AvgIpc) is 2.48. The van der Waals surface area contributed by atoms with Crippen LogP contribution in [0.3, 0.4) is 0 Å². The number of benzene rings is 3. The summed E-state index contributed by atoms with van der Waals surface area (Å²) in [5.41, 5.74) is 6.41. The van der Waals surface area contributed by atoms with Gasteiger partial charge < -0.3 is 0 Å². The lowest BCUT2D eigenvalue weighted by molar-refractivity contribution is 1.46. The van der Waals surface area contributed by atoms with Gasteiger partial charge >= 0.3 is 0 Å². The van der Waals surface area contributed by atoms with Crippen molar-refractivity contribution in [1.82, 2.24) is 0 Å². The second-order valence-corrected chi connectivity index (χ2v) is 4.78. The molecule has 0 N–H and O–H groups in total. The van der Waals surface area contributed by atoms with Crippen molar-refractivity contribution in [3.63, 3.8) is 0 Å². The quantitative estimate of drug-likeness (QED) is 0.571. The van der Waals surface area contributed by atoms with Gasteiger partial charge in [-0.2, -0.15) is 0 Å². The molecule has 3 rings (SSSR count). The molecular formula is C19H16. The Morgan fingerprint density at radius 1 is 0.526 bits per heavy atom. The van der Waals surface area contributed by atoms with Crippen LogP contribution in [0.2, 0.25) is 0 Å². The first-order valence-corrected chi connectivity index (χ1v) is 6.56. The Balaban J connectivity index is 2.18. The van der Waals surface area contributed by atoms with Gasteiger partial charge in [0, 0.05) is 0 Å². The van der Waals surface area contributed by atoms with Crippen molar-refractivity contribution in [2.45, 2.75) is 6.92 Å². The number of hydrogen-bond donors (Lipinski definition) is 0. The smallest absolute Gasteiger partial charge is 0.0105 e. The van der Waals surface area contributed by atoms with E-state index in [4.69, 9.17) is 0 Å². The van der Waals surface area contributed by atoms with Gasteiger partial charge in [0.25, 0.3) is 0 Å². The zero-order valence-electron chi connectivity index (χ0n) is 11.0. The fraction of sp³-hybridized carbons (Fsp3) is 0.0526. The van der Waals surface area contributed by atoms with Crippen molar-refractivity contribution >= 4 is 0 Å². The van der Waals surface area contributed by atoms with Crippen molar-refractivity contribution in [2.75, 3.05) is 0 Å². The average molecular weight is 244 g/mol. The van der Waals surface area contributed by atoms with Crippen LogP contribution in [0.4, 0.5) is 0 Å². The molecule has 0 atom stereocenters. The van der Waals surface area contributed by atoms with Gasteiger partial charge in [-0.15, -0.1) is 0 Å². The minimum Gasteiger partial charge on any atom is -0.0622 e. The molecule has 3 aromatic carbocycles. The van der Waals surface area contributed by atoms with E-state index in [1.807, 2.05) is 0 Å². The Kier molecular flexibility index (Phi) is 3.16. The summed E-state index contributed by atoms with van der Waals surface area (Å²) in [5, 5.41) is 0. The van der Waals surface area contributed by atoms with Gasteiger partial charge in [0.1, 0.15) is 0 Å². The molecule has 19 heavy (non-hydrogen) atoms. The first-order chi connectivity index (χ1) is 9.34. The molecule has 0 radical (unpaired) electrons. The molecule has 0 saturated heterocycles. The predicted octanol–water partition coefficient (Wildman–Crippen LogP) is 5.33. The summed E-state index contributed by atoms with van der Waals surface area (Å²) in [7, 11) is 0. The van der Waals surface area contributed by atoms with Gasteiger partial charge in [0.2, 0.25) is 0 Å². The fourth-order valence-corrected chi connectivity index (χ4v) is 2.42. The van der Waals surface area contributed by atoms with Crippen molar-refractivity contribution in [3.05, 3.63) is 84.4 Å². The van der Waals surface area contributed by atoms with Crippen molar-refractivity contribution < 1.29 is 0 Å². The second kappa shape index (κ2) is 5.11. The predicted molar refractivity (Wildman–Crippen MR) is 82.1 cm³/mol. The molecule has 0 amide bonds. The molecule has 0 bridgehead atoms. The van der Waals surface area contributed by atoms with Crippen molar-refractivity contribution in [1.29, 1.82) is 0 Å². The normalized spacial score (nSPS) is 10.4. The first-order valence-electron chi connectivity index (χ1n) is 6.56. The summed E-state index contributed by atoms with van der Waals surface area (Å²) in [4.78, 5) is 0. The van der Waals surface area contributed by atoms with E-state index < -0.39 is 0 Å². The highest BCUT2D eigenvalue weighted by atomic mass is 14.1. The Morgan fingerprint density at radius 3 is 1.79 bits per heavy atom. The Bertz CT molecular complexity index is 681. The zero-order chi connectivity index (χ0) is 13.1. The lowest BCUT2D eigenvalue weighted by Crippen LogP contribution is -1.85. The third-order valence-electron chi connectivity index (χ3n) is 3.34. The van der Waals surface area contributed by atoms with Crippen LogP contribution in [0.1, 0.15) is 5.56 Å². The summed E-state index contributed by atoms with van der Waals surface area (Å²) in [6.07, 6.45) is 0. The van der Waals surface area contributed by atoms with Gasteiger partial charge in [-0.3, -0.25) is 0 Å². The third kappa shape index (κ3) is 2.43. The van der Waals surface area contributed by atoms with Crippen LogP contribution in [0, 0.1) is 6.92 Å². The van der Waals surface area contributed by atoms with Gasteiger partial charge in [0.05, 0.1) is 0 Å². The van der Waals surface area contributed by atoms with Crippen LogP contribution >= 0.6 is 0 Å². The van der Waals surface area contributed by atoms with Gasteiger partial charge in [0.15, 0.2) is 0 Å². The summed E-state index contributed by atoms with van der Waals surface area (Å²) in [5.74, 6) is 0. The lowest BCUT2D eigenvalue weighted by Gasteiger charge is -2.10. The molecule has 0 heteroatoms. The standard InChI is InChI=1S/C19H16/c1-15-8-7-11-17(14-15)19-13-6-5-12-18(19)16-9-3-2-4-10-16/h2-14H,1H3. The topological polar surface area (TPSA) is 0 Å². The Labute approximate surface area is 114 Å². The summed E-state index contributed by atoms with van der Waals surface area (Å²) in [6.45, 7) is 2.13. The molecule has 0 unspecified atom stereocenters. The molecule has 0 aliphatic heterocycles. The molecule has 92 valence electrons. The van der Waals surface area contributed by atoms with E-state index >= 15 is 0 Å². The van der Waals surface area contributed by atoms with Gasteiger partial charge in [-0.1, -0.05) is 84.4 Å². The highest BCUT2D eigenvalue weighted by molar-refractivity contribution is 5.83. The lowest BCUT2D eigenvalue weighted by atomic mass is 9.94. The Morgan fingerprint density at radius 2 is 1.11 bits per heavy atom. The molecule has 3 aromatic rings. The van der Waals surface area contributed by atoms with Crippen LogP contribution in [-0.4, -0.2) is 0 Å². The van der Waals surface area contributed by atoms with Crippen LogP contribution in [0.25, 0.3) is 22.3 Å². The maximum Gasteiger partial charge on any atom is -0.0105 e. The van der Waals surface area contributed by atoms with E-state index in [1.165, 1.54) is 27.8 Å². The summed E-state index contributed by atoms with van der Waals surface area (Å²) >= 11 is 0. The summed E-state index contributed by atoms with van der Waals surface area (Å²) in [6, 6.07) is 27.8.